The standard InChI is InChI=1S/C7H17NOSi/c1-4-7(2)8-5-6-10-9-3/h4-6,10H2,1-3H3. The predicted molar refractivity (Wildman–Crippen MR) is 48.6 cm³/mol. The van der Waals surface area contributed by atoms with Crippen LogP contribution in [0.4, 0.5) is 0 Å². The second kappa shape index (κ2) is 6.96. The summed E-state index contributed by atoms with van der Waals surface area (Å²) in [6.07, 6.45) is 1.08. The minimum atomic E-state index is -0.236. The Bertz CT molecular complexity index is 104. The fourth-order valence-electron chi connectivity index (χ4n) is 0.591. The van der Waals surface area contributed by atoms with Gasteiger partial charge < -0.3 is 4.43 Å². The molecule has 0 aromatic carbocycles. The molecule has 10 heavy (non-hydrogen) atoms. The molecule has 60 valence electrons. The molecule has 0 aliphatic heterocycles. The summed E-state index contributed by atoms with van der Waals surface area (Å²) in [7, 11) is 1.54. The molecule has 0 radical (unpaired) electrons. The molecule has 0 saturated carbocycles. The highest BCUT2D eigenvalue weighted by Gasteiger charge is 1.86. The Morgan fingerprint density at radius 3 is 2.80 bits per heavy atom. The molecule has 0 aromatic rings. The highest BCUT2D eigenvalue weighted by Crippen LogP contribution is 1.87. The first-order chi connectivity index (χ1) is 4.81. The Kier molecular flexibility index (Phi) is 6.85. The number of hydrogen-bond donors (Lipinski definition) is 0. The van der Waals surface area contributed by atoms with Gasteiger partial charge >= 0.3 is 0 Å². The van der Waals surface area contributed by atoms with Crippen LogP contribution in [0.5, 0.6) is 0 Å². The Morgan fingerprint density at radius 1 is 1.60 bits per heavy atom. The fourth-order valence-corrected chi connectivity index (χ4v) is 1.17. The topological polar surface area (TPSA) is 21.6 Å². The molecule has 0 atom stereocenters. The van der Waals surface area contributed by atoms with Crippen LogP contribution in [0, 0.1) is 0 Å². The van der Waals surface area contributed by atoms with Crippen molar-refractivity contribution in [3.63, 3.8) is 0 Å². The van der Waals surface area contributed by atoms with Crippen LogP contribution >= 0.6 is 0 Å². The lowest BCUT2D eigenvalue weighted by atomic mass is 10.3. The Balaban J connectivity index is 3.16. The van der Waals surface area contributed by atoms with E-state index in [-0.39, 0.29) is 9.76 Å². The van der Waals surface area contributed by atoms with Crippen molar-refractivity contribution in [1.82, 2.24) is 0 Å². The molecule has 3 heteroatoms. The van der Waals surface area contributed by atoms with Gasteiger partial charge in [0.05, 0.1) is 0 Å². The van der Waals surface area contributed by atoms with Crippen LogP contribution in [0.1, 0.15) is 20.3 Å². The minimum Gasteiger partial charge on any atom is -0.427 e. The zero-order chi connectivity index (χ0) is 7.82. The van der Waals surface area contributed by atoms with E-state index in [2.05, 4.69) is 18.8 Å². The van der Waals surface area contributed by atoms with Crippen molar-refractivity contribution in [2.75, 3.05) is 13.7 Å². The number of rotatable bonds is 5. The fraction of sp³-hybridized carbons (Fsp3) is 0.857. The van der Waals surface area contributed by atoms with Crippen molar-refractivity contribution < 1.29 is 4.43 Å². The molecular weight excluding hydrogens is 142 g/mol. The van der Waals surface area contributed by atoms with E-state index in [1.807, 2.05) is 0 Å². The predicted octanol–water partition coefficient (Wildman–Crippen LogP) is 1.01. The molecule has 0 aromatic heterocycles. The average molecular weight is 159 g/mol. The summed E-state index contributed by atoms with van der Waals surface area (Å²) in [6.45, 7) is 5.18. The lowest BCUT2D eigenvalue weighted by Gasteiger charge is -1.95. The van der Waals surface area contributed by atoms with Gasteiger partial charge in [0, 0.05) is 19.4 Å². The van der Waals surface area contributed by atoms with E-state index in [1.165, 1.54) is 11.8 Å². The quantitative estimate of drug-likeness (QED) is 0.333. The van der Waals surface area contributed by atoms with Gasteiger partial charge in [-0.05, 0) is 19.4 Å². The summed E-state index contributed by atoms with van der Waals surface area (Å²) in [5, 5.41) is 0. The number of nitrogens with zero attached hydrogens (tertiary/aromatic N) is 1. The first-order valence-corrected chi connectivity index (χ1v) is 5.37. The average Bonchev–Trinajstić information content (AvgIpc) is 1.98. The third kappa shape index (κ3) is 5.97. The molecule has 2 nitrogen and oxygen atoms in total. The van der Waals surface area contributed by atoms with Crippen LogP contribution in [-0.2, 0) is 4.43 Å². The zero-order valence-electron chi connectivity index (χ0n) is 7.18. The monoisotopic (exact) mass is 159 g/mol. The molecule has 0 bridgehead atoms. The molecule has 0 N–H and O–H groups in total. The maximum Gasteiger partial charge on any atom is 0.162 e. The molecule has 0 rings (SSSR count). The van der Waals surface area contributed by atoms with E-state index in [1.54, 1.807) is 7.11 Å². The highest BCUT2D eigenvalue weighted by atomic mass is 28.2. The van der Waals surface area contributed by atoms with Gasteiger partial charge in [-0.2, -0.15) is 0 Å². The summed E-state index contributed by atoms with van der Waals surface area (Å²) in [5.41, 5.74) is 1.25. The smallest absolute Gasteiger partial charge is 0.162 e. The minimum absolute atomic E-state index is 0.236. The van der Waals surface area contributed by atoms with Gasteiger partial charge in [-0.3, -0.25) is 4.99 Å². The maximum absolute atomic E-state index is 5.03. The van der Waals surface area contributed by atoms with Gasteiger partial charge in [-0.15, -0.1) is 0 Å². The van der Waals surface area contributed by atoms with E-state index < -0.39 is 0 Å². The Morgan fingerprint density at radius 2 is 2.30 bits per heavy atom. The van der Waals surface area contributed by atoms with Crippen LogP contribution in [0.15, 0.2) is 4.99 Å². The lowest BCUT2D eigenvalue weighted by Crippen LogP contribution is -1.97. The molecule has 0 heterocycles. The third-order valence-electron chi connectivity index (χ3n) is 1.40. The van der Waals surface area contributed by atoms with Crippen molar-refractivity contribution >= 4 is 15.5 Å². The largest absolute Gasteiger partial charge is 0.427 e. The summed E-state index contributed by atoms with van der Waals surface area (Å²) in [5.74, 6) is 0. The Hall–Kier alpha value is -0.153. The van der Waals surface area contributed by atoms with Gasteiger partial charge in [-0.1, -0.05) is 6.92 Å². The molecule has 0 unspecified atom stereocenters. The summed E-state index contributed by atoms with van der Waals surface area (Å²) in [4.78, 5) is 4.35. The first kappa shape index (κ1) is 9.85. The zero-order valence-corrected chi connectivity index (χ0v) is 8.60. The van der Waals surface area contributed by atoms with Crippen molar-refractivity contribution in [2.24, 2.45) is 4.99 Å². The second-order valence-electron chi connectivity index (χ2n) is 2.32. The van der Waals surface area contributed by atoms with E-state index >= 15 is 0 Å². The van der Waals surface area contributed by atoms with E-state index in [4.69, 9.17) is 4.43 Å². The van der Waals surface area contributed by atoms with E-state index in [0.29, 0.717) is 0 Å². The molecule has 0 aliphatic rings. The summed E-state index contributed by atoms with van der Waals surface area (Å²) < 4.78 is 5.03. The molecule has 0 spiro atoms. The summed E-state index contributed by atoms with van der Waals surface area (Å²) in [6, 6.07) is 1.17. The van der Waals surface area contributed by atoms with Gasteiger partial charge in [0.2, 0.25) is 0 Å². The number of aliphatic imine (C=N–C) groups is 1. The second-order valence-corrected chi connectivity index (χ2v) is 4.01. The first-order valence-electron chi connectivity index (χ1n) is 3.80. The molecular formula is C7H17NOSi. The lowest BCUT2D eigenvalue weighted by molar-refractivity contribution is 0.441. The summed E-state index contributed by atoms with van der Waals surface area (Å²) >= 11 is 0. The van der Waals surface area contributed by atoms with E-state index in [9.17, 15) is 0 Å². The Labute approximate surface area is 65.6 Å². The van der Waals surface area contributed by atoms with Crippen molar-refractivity contribution in [2.45, 2.75) is 26.3 Å². The van der Waals surface area contributed by atoms with Crippen LogP contribution in [0.3, 0.4) is 0 Å². The van der Waals surface area contributed by atoms with Crippen LogP contribution in [0.2, 0.25) is 6.04 Å². The van der Waals surface area contributed by atoms with Crippen molar-refractivity contribution in [1.29, 1.82) is 0 Å². The number of hydrogen-bond acceptors (Lipinski definition) is 2. The normalized spacial score (nSPS) is 13.3. The van der Waals surface area contributed by atoms with Crippen LogP contribution < -0.4 is 0 Å². The SMILES string of the molecule is CCC(C)=NCC[SiH2]OC. The molecule has 0 aliphatic carbocycles. The third-order valence-corrected chi connectivity index (χ3v) is 2.41. The van der Waals surface area contributed by atoms with Gasteiger partial charge in [0.1, 0.15) is 0 Å². The van der Waals surface area contributed by atoms with Gasteiger partial charge in [0.25, 0.3) is 0 Å². The van der Waals surface area contributed by atoms with Crippen LogP contribution in [-0.4, -0.2) is 29.1 Å². The van der Waals surface area contributed by atoms with Crippen LogP contribution in [0.25, 0.3) is 0 Å². The van der Waals surface area contributed by atoms with Crippen molar-refractivity contribution in [3.8, 4) is 0 Å². The van der Waals surface area contributed by atoms with Crippen molar-refractivity contribution in [3.05, 3.63) is 0 Å². The van der Waals surface area contributed by atoms with E-state index in [0.717, 1.165) is 13.0 Å². The highest BCUT2D eigenvalue weighted by molar-refractivity contribution is 6.27. The molecule has 0 amide bonds. The molecule has 0 fully saturated rings. The van der Waals surface area contributed by atoms with Gasteiger partial charge in [0.15, 0.2) is 9.76 Å². The molecule has 0 saturated heterocycles. The maximum atomic E-state index is 5.03. The van der Waals surface area contributed by atoms with Gasteiger partial charge in [-0.25, -0.2) is 0 Å².